The van der Waals surface area contributed by atoms with Crippen LogP contribution in [0.3, 0.4) is 0 Å². The highest BCUT2D eigenvalue weighted by molar-refractivity contribution is 5.83. The van der Waals surface area contributed by atoms with E-state index in [0.29, 0.717) is 12.6 Å². The number of carbonyl (C=O) groups is 2. The number of amides is 2. The first-order valence-corrected chi connectivity index (χ1v) is 6.57. The lowest BCUT2D eigenvalue weighted by molar-refractivity contribution is -0.142. The van der Waals surface area contributed by atoms with Crippen LogP contribution in [0, 0.1) is 5.41 Å². The fourth-order valence-electron chi connectivity index (χ4n) is 1.93. The molecule has 0 aromatic heterocycles. The Morgan fingerprint density at radius 2 is 1.94 bits per heavy atom. The molecule has 5 heteroatoms. The van der Waals surface area contributed by atoms with Crippen LogP contribution in [-0.2, 0) is 4.79 Å². The number of aliphatic carboxylic acids is 1. The van der Waals surface area contributed by atoms with E-state index >= 15 is 0 Å². The van der Waals surface area contributed by atoms with E-state index in [9.17, 15) is 14.7 Å². The van der Waals surface area contributed by atoms with Crippen molar-refractivity contribution in [3.8, 4) is 0 Å². The third-order valence-corrected chi connectivity index (χ3v) is 3.09. The van der Waals surface area contributed by atoms with E-state index in [4.69, 9.17) is 0 Å². The average Bonchev–Trinajstić information content (AvgIpc) is 3.03. The second-order valence-corrected chi connectivity index (χ2v) is 6.01. The summed E-state index contributed by atoms with van der Waals surface area (Å²) in [5, 5.41) is 11.8. The quantitative estimate of drug-likeness (QED) is 0.791. The van der Waals surface area contributed by atoms with Crippen LogP contribution in [0.5, 0.6) is 0 Å². The minimum atomic E-state index is -0.983. The van der Waals surface area contributed by atoms with Crippen LogP contribution in [0.4, 0.5) is 4.79 Å². The Kier molecular flexibility index (Phi) is 4.59. The first-order chi connectivity index (χ1) is 8.27. The van der Waals surface area contributed by atoms with Crippen molar-refractivity contribution in [2.45, 2.75) is 59.0 Å². The third-order valence-electron chi connectivity index (χ3n) is 3.09. The molecule has 0 spiro atoms. The van der Waals surface area contributed by atoms with E-state index in [-0.39, 0.29) is 6.03 Å². The van der Waals surface area contributed by atoms with Crippen LogP contribution in [0.2, 0.25) is 0 Å². The normalized spacial score (nSPS) is 17.1. The van der Waals surface area contributed by atoms with Crippen molar-refractivity contribution in [3.05, 3.63) is 0 Å². The maximum Gasteiger partial charge on any atom is 0.326 e. The third kappa shape index (κ3) is 3.89. The second-order valence-electron chi connectivity index (χ2n) is 6.01. The molecular formula is C13H24N2O3. The zero-order valence-electron chi connectivity index (χ0n) is 11.7. The fourth-order valence-corrected chi connectivity index (χ4v) is 1.93. The predicted molar refractivity (Wildman–Crippen MR) is 69.4 cm³/mol. The van der Waals surface area contributed by atoms with Crippen LogP contribution in [0.25, 0.3) is 0 Å². The van der Waals surface area contributed by atoms with Gasteiger partial charge in [0.05, 0.1) is 0 Å². The fraction of sp³-hybridized carbons (Fsp3) is 0.846. The molecule has 0 aromatic rings. The molecule has 2 amide bonds. The van der Waals surface area contributed by atoms with Crippen LogP contribution in [0.1, 0.15) is 47.0 Å². The number of urea groups is 1. The van der Waals surface area contributed by atoms with Gasteiger partial charge in [-0.15, -0.1) is 0 Å². The molecule has 18 heavy (non-hydrogen) atoms. The van der Waals surface area contributed by atoms with Crippen LogP contribution in [0.15, 0.2) is 0 Å². The Labute approximate surface area is 109 Å². The van der Waals surface area contributed by atoms with Crippen LogP contribution >= 0.6 is 0 Å². The number of carbonyl (C=O) groups excluding carboxylic acids is 1. The highest BCUT2D eigenvalue weighted by Gasteiger charge is 2.37. The van der Waals surface area contributed by atoms with Crippen molar-refractivity contribution >= 4 is 12.0 Å². The molecule has 0 aromatic carbocycles. The first kappa shape index (κ1) is 14.8. The van der Waals surface area contributed by atoms with E-state index in [0.717, 1.165) is 19.3 Å². The van der Waals surface area contributed by atoms with E-state index < -0.39 is 17.4 Å². The molecule has 0 heterocycles. The molecule has 1 atom stereocenters. The lowest BCUT2D eigenvalue weighted by atomic mass is 9.87. The number of carboxylic acids is 1. The molecule has 1 aliphatic carbocycles. The van der Waals surface area contributed by atoms with Gasteiger partial charge in [0.1, 0.15) is 6.04 Å². The summed E-state index contributed by atoms with van der Waals surface area (Å²) in [6.07, 6.45) is 2.94. The SMILES string of the molecule is CCCN(C(=O)N[C@H](C(=O)O)C(C)(C)C)C1CC1. The molecule has 1 aliphatic rings. The number of rotatable bonds is 5. The maximum atomic E-state index is 12.1. The second kappa shape index (κ2) is 5.59. The van der Waals surface area contributed by atoms with Gasteiger partial charge in [-0.3, -0.25) is 0 Å². The van der Waals surface area contributed by atoms with Gasteiger partial charge in [0, 0.05) is 12.6 Å². The van der Waals surface area contributed by atoms with Crippen molar-refractivity contribution in [2.75, 3.05) is 6.54 Å². The zero-order valence-corrected chi connectivity index (χ0v) is 11.7. The lowest BCUT2D eigenvalue weighted by Gasteiger charge is -2.31. The van der Waals surface area contributed by atoms with Gasteiger partial charge in [0.25, 0.3) is 0 Å². The van der Waals surface area contributed by atoms with Gasteiger partial charge in [-0.25, -0.2) is 9.59 Å². The average molecular weight is 256 g/mol. The number of hydrogen-bond acceptors (Lipinski definition) is 2. The molecular weight excluding hydrogens is 232 g/mol. The van der Waals surface area contributed by atoms with Gasteiger partial charge >= 0.3 is 12.0 Å². The van der Waals surface area contributed by atoms with Crippen molar-refractivity contribution in [2.24, 2.45) is 5.41 Å². The van der Waals surface area contributed by atoms with Crippen molar-refractivity contribution in [1.29, 1.82) is 0 Å². The molecule has 0 saturated heterocycles. The summed E-state index contributed by atoms with van der Waals surface area (Å²) in [6.45, 7) is 8.14. The zero-order chi connectivity index (χ0) is 13.9. The first-order valence-electron chi connectivity index (χ1n) is 6.57. The number of nitrogens with one attached hydrogen (secondary N) is 1. The van der Waals surface area contributed by atoms with E-state index in [2.05, 4.69) is 5.32 Å². The van der Waals surface area contributed by atoms with Crippen molar-refractivity contribution in [3.63, 3.8) is 0 Å². The van der Waals surface area contributed by atoms with Gasteiger partial charge in [-0.05, 0) is 24.7 Å². The van der Waals surface area contributed by atoms with Crippen LogP contribution < -0.4 is 5.32 Å². The summed E-state index contributed by atoms with van der Waals surface area (Å²) in [5.74, 6) is -0.983. The molecule has 0 radical (unpaired) electrons. The Morgan fingerprint density at radius 3 is 2.28 bits per heavy atom. The van der Waals surface area contributed by atoms with E-state index in [1.165, 1.54) is 0 Å². The van der Waals surface area contributed by atoms with E-state index in [1.54, 1.807) is 4.90 Å². The predicted octanol–water partition coefficient (Wildman–Crippen LogP) is 2.07. The Morgan fingerprint density at radius 1 is 1.39 bits per heavy atom. The monoisotopic (exact) mass is 256 g/mol. The highest BCUT2D eigenvalue weighted by atomic mass is 16.4. The maximum absolute atomic E-state index is 12.1. The topological polar surface area (TPSA) is 69.6 Å². The molecule has 0 unspecified atom stereocenters. The van der Waals surface area contributed by atoms with Gasteiger partial charge in [0.15, 0.2) is 0 Å². The molecule has 1 fully saturated rings. The van der Waals surface area contributed by atoms with E-state index in [1.807, 2.05) is 27.7 Å². The number of hydrogen-bond donors (Lipinski definition) is 2. The number of nitrogens with zero attached hydrogens (tertiary/aromatic N) is 1. The van der Waals surface area contributed by atoms with Gasteiger partial charge in [-0.2, -0.15) is 0 Å². The Hall–Kier alpha value is -1.26. The van der Waals surface area contributed by atoms with Gasteiger partial charge < -0.3 is 15.3 Å². The summed E-state index contributed by atoms with van der Waals surface area (Å²) >= 11 is 0. The van der Waals surface area contributed by atoms with Crippen LogP contribution in [-0.4, -0.2) is 40.6 Å². The molecule has 5 nitrogen and oxygen atoms in total. The molecule has 2 N–H and O–H groups in total. The van der Waals surface area contributed by atoms with Crippen molar-refractivity contribution in [1.82, 2.24) is 10.2 Å². The smallest absolute Gasteiger partial charge is 0.326 e. The summed E-state index contributed by atoms with van der Waals surface area (Å²) in [7, 11) is 0. The van der Waals surface area contributed by atoms with Gasteiger partial charge in [-0.1, -0.05) is 27.7 Å². The Bertz CT molecular complexity index is 319. The summed E-state index contributed by atoms with van der Waals surface area (Å²) in [4.78, 5) is 25.1. The Balaban J connectivity index is 2.67. The largest absolute Gasteiger partial charge is 0.480 e. The summed E-state index contributed by atoms with van der Waals surface area (Å²) < 4.78 is 0. The minimum Gasteiger partial charge on any atom is -0.480 e. The van der Waals surface area contributed by atoms with Crippen molar-refractivity contribution < 1.29 is 14.7 Å². The molecule has 0 aliphatic heterocycles. The minimum absolute atomic E-state index is 0.248. The lowest BCUT2D eigenvalue weighted by Crippen LogP contribution is -2.53. The summed E-state index contributed by atoms with van der Waals surface area (Å²) in [5.41, 5.74) is -0.497. The number of carboxylic acid groups (broad SMARTS) is 1. The molecule has 0 bridgehead atoms. The highest BCUT2D eigenvalue weighted by Crippen LogP contribution is 2.27. The summed E-state index contributed by atoms with van der Waals surface area (Å²) in [6, 6.07) is -0.802. The molecule has 1 saturated carbocycles. The van der Waals surface area contributed by atoms with Gasteiger partial charge in [0.2, 0.25) is 0 Å². The molecule has 104 valence electrons. The molecule has 1 rings (SSSR count). The standard InChI is InChI=1S/C13H24N2O3/c1-5-8-15(9-6-7-9)12(18)14-10(11(16)17)13(2,3)4/h9-10H,5-8H2,1-4H3,(H,14,18)(H,16,17)/t10-/m1/s1.